The summed E-state index contributed by atoms with van der Waals surface area (Å²) >= 11 is 0. The van der Waals surface area contributed by atoms with Gasteiger partial charge in [-0.25, -0.2) is 4.98 Å². The summed E-state index contributed by atoms with van der Waals surface area (Å²) in [5, 5.41) is 8.73. The lowest BCUT2D eigenvalue weighted by Crippen LogP contribution is -2.43. The summed E-state index contributed by atoms with van der Waals surface area (Å²) in [5.41, 5.74) is 0.702. The van der Waals surface area contributed by atoms with Crippen molar-refractivity contribution in [2.24, 2.45) is 5.92 Å². The van der Waals surface area contributed by atoms with Crippen LogP contribution in [0, 0.1) is 17.2 Å². The minimum Gasteiger partial charge on any atom is -0.466 e. The van der Waals surface area contributed by atoms with Crippen LogP contribution in [0.5, 0.6) is 0 Å². The first-order valence-electron chi connectivity index (χ1n) is 6.97. The van der Waals surface area contributed by atoms with Crippen molar-refractivity contribution in [3.05, 3.63) is 29.6 Å². The number of amides is 1. The molecule has 1 saturated heterocycles. The van der Waals surface area contributed by atoms with Crippen LogP contribution in [0.15, 0.2) is 18.3 Å². The third-order valence-electron chi connectivity index (χ3n) is 3.44. The molecule has 1 aliphatic rings. The van der Waals surface area contributed by atoms with E-state index in [1.165, 1.54) is 12.3 Å². The zero-order valence-corrected chi connectivity index (χ0v) is 11.9. The Kier molecular flexibility index (Phi) is 4.88. The molecule has 0 N–H and O–H groups in total. The normalized spacial score (nSPS) is 17.9. The van der Waals surface area contributed by atoms with E-state index in [1.807, 2.05) is 6.07 Å². The van der Waals surface area contributed by atoms with Gasteiger partial charge in [0.15, 0.2) is 0 Å². The fourth-order valence-corrected chi connectivity index (χ4v) is 2.36. The second kappa shape index (κ2) is 6.84. The molecule has 1 aromatic heterocycles. The lowest BCUT2D eigenvalue weighted by Gasteiger charge is -2.31. The number of nitriles is 1. The lowest BCUT2D eigenvalue weighted by molar-refractivity contribution is -0.149. The van der Waals surface area contributed by atoms with Gasteiger partial charge in [0, 0.05) is 19.3 Å². The second-order valence-electron chi connectivity index (χ2n) is 4.89. The third kappa shape index (κ3) is 3.57. The molecule has 1 aliphatic heterocycles. The van der Waals surface area contributed by atoms with E-state index in [0.29, 0.717) is 31.0 Å². The zero-order chi connectivity index (χ0) is 15.2. The number of piperidine rings is 1. The fourth-order valence-electron chi connectivity index (χ4n) is 2.36. The van der Waals surface area contributed by atoms with Crippen LogP contribution in [0.4, 0.5) is 0 Å². The highest BCUT2D eigenvalue weighted by Crippen LogP contribution is 2.19. The molecule has 1 fully saturated rings. The molecule has 0 spiro atoms. The molecule has 6 heteroatoms. The average Bonchev–Trinajstić information content (AvgIpc) is 2.54. The van der Waals surface area contributed by atoms with Gasteiger partial charge in [0.1, 0.15) is 11.8 Å². The molecular formula is C15H17N3O3. The van der Waals surface area contributed by atoms with E-state index in [2.05, 4.69) is 4.98 Å². The van der Waals surface area contributed by atoms with Crippen LogP contribution in [0.1, 0.15) is 35.8 Å². The maximum atomic E-state index is 12.4. The van der Waals surface area contributed by atoms with Crippen LogP contribution in [-0.4, -0.2) is 41.5 Å². The first kappa shape index (κ1) is 15.0. The van der Waals surface area contributed by atoms with Crippen LogP contribution in [0.25, 0.3) is 0 Å². The van der Waals surface area contributed by atoms with E-state index in [4.69, 9.17) is 10.00 Å². The van der Waals surface area contributed by atoms with E-state index >= 15 is 0 Å². The second-order valence-corrected chi connectivity index (χ2v) is 4.89. The van der Waals surface area contributed by atoms with Crippen molar-refractivity contribution in [2.45, 2.75) is 19.8 Å². The molecule has 0 saturated carbocycles. The minimum absolute atomic E-state index is 0.214. The quantitative estimate of drug-likeness (QED) is 0.784. The van der Waals surface area contributed by atoms with E-state index in [1.54, 1.807) is 17.9 Å². The third-order valence-corrected chi connectivity index (χ3v) is 3.44. The van der Waals surface area contributed by atoms with Gasteiger partial charge < -0.3 is 9.64 Å². The van der Waals surface area contributed by atoms with Crippen LogP contribution in [0.2, 0.25) is 0 Å². The molecule has 1 atom stereocenters. The lowest BCUT2D eigenvalue weighted by atomic mass is 9.98. The molecule has 2 rings (SSSR count). The standard InChI is InChI=1S/C15H17N3O3/c1-2-21-15(20)12-4-3-7-18(10-12)14(19)13-6-5-11(8-16)9-17-13/h5-6,9,12H,2-4,7,10H2,1H3. The predicted molar refractivity (Wildman–Crippen MR) is 74.2 cm³/mol. The number of ether oxygens (including phenoxy) is 1. The largest absolute Gasteiger partial charge is 0.466 e. The first-order valence-corrected chi connectivity index (χ1v) is 6.97. The molecule has 110 valence electrons. The van der Waals surface area contributed by atoms with Gasteiger partial charge in [0.25, 0.3) is 5.91 Å². The van der Waals surface area contributed by atoms with E-state index < -0.39 is 0 Å². The Morgan fingerprint density at radius 2 is 2.33 bits per heavy atom. The summed E-state index contributed by atoms with van der Waals surface area (Å²) in [5.74, 6) is -0.725. The number of nitrogens with zero attached hydrogens (tertiary/aromatic N) is 3. The van der Waals surface area contributed by atoms with Gasteiger partial charge in [-0.05, 0) is 31.9 Å². The number of carbonyl (C=O) groups excluding carboxylic acids is 2. The van der Waals surface area contributed by atoms with Gasteiger partial charge in [-0.3, -0.25) is 9.59 Å². The highest BCUT2D eigenvalue weighted by Gasteiger charge is 2.30. The van der Waals surface area contributed by atoms with Crippen molar-refractivity contribution in [1.29, 1.82) is 5.26 Å². The van der Waals surface area contributed by atoms with Gasteiger partial charge in [-0.15, -0.1) is 0 Å². The van der Waals surface area contributed by atoms with E-state index in [-0.39, 0.29) is 17.8 Å². The Bertz CT molecular complexity index is 563. The zero-order valence-electron chi connectivity index (χ0n) is 11.9. The first-order chi connectivity index (χ1) is 10.2. The van der Waals surface area contributed by atoms with Crippen molar-refractivity contribution < 1.29 is 14.3 Å². The molecule has 1 amide bonds. The SMILES string of the molecule is CCOC(=O)C1CCCN(C(=O)c2ccc(C#N)cn2)C1. The van der Waals surface area contributed by atoms with Gasteiger partial charge in [-0.1, -0.05) is 0 Å². The maximum Gasteiger partial charge on any atom is 0.310 e. The number of hydrogen-bond donors (Lipinski definition) is 0. The van der Waals surface area contributed by atoms with Gasteiger partial charge in [0.05, 0.1) is 18.1 Å². The summed E-state index contributed by atoms with van der Waals surface area (Å²) in [6, 6.07) is 5.06. The van der Waals surface area contributed by atoms with Crippen molar-refractivity contribution >= 4 is 11.9 Å². The van der Waals surface area contributed by atoms with Gasteiger partial charge in [-0.2, -0.15) is 5.26 Å². The number of pyridine rings is 1. The molecule has 0 aromatic carbocycles. The molecule has 0 radical (unpaired) electrons. The molecule has 2 heterocycles. The molecule has 1 aromatic rings. The van der Waals surface area contributed by atoms with Crippen molar-refractivity contribution in [3.8, 4) is 6.07 Å². The highest BCUT2D eigenvalue weighted by atomic mass is 16.5. The van der Waals surface area contributed by atoms with Crippen LogP contribution >= 0.6 is 0 Å². The van der Waals surface area contributed by atoms with Crippen LogP contribution < -0.4 is 0 Å². The number of likely N-dealkylation sites (tertiary alicyclic amines) is 1. The Balaban J connectivity index is 2.04. The maximum absolute atomic E-state index is 12.4. The monoisotopic (exact) mass is 287 g/mol. The van der Waals surface area contributed by atoms with Crippen LogP contribution in [0.3, 0.4) is 0 Å². The highest BCUT2D eigenvalue weighted by molar-refractivity contribution is 5.92. The number of carbonyl (C=O) groups is 2. The summed E-state index contributed by atoms with van der Waals surface area (Å²) in [6.45, 7) is 3.08. The van der Waals surface area contributed by atoms with Gasteiger partial charge in [0.2, 0.25) is 0 Å². The van der Waals surface area contributed by atoms with Crippen molar-refractivity contribution in [3.63, 3.8) is 0 Å². The van der Waals surface area contributed by atoms with Gasteiger partial charge >= 0.3 is 5.97 Å². The molecule has 0 bridgehead atoms. The molecule has 21 heavy (non-hydrogen) atoms. The minimum atomic E-state index is -0.263. The number of aromatic nitrogens is 1. The summed E-state index contributed by atoms with van der Waals surface area (Å²) in [7, 11) is 0. The Labute approximate surface area is 123 Å². The molecule has 6 nitrogen and oxygen atoms in total. The number of esters is 1. The molecule has 0 aliphatic carbocycles. The Morgan fingerprint density at radius 3 is 2.95 bits per heavy atom. The smallest absolute Gasteiger partial charge is 0.310 e. The predicted octanol–water partition coefficient (Wildman–Crippen LogP) is 1.37. The Morgan fingerprint density at radius 1 is 1.52 bits per heavy atom. The summed E-state index contributed by atoms with van der Waals surface area (Å²) in [4.78, 5) is 29.8. The average molecular weight is 287 g/mol. The molecule has 1 unspecified atom stereocenters. The van der Waals surface area contributed by atoms with E-state index in [9.17, 15) is 9.59 Å². The molecular weight excluding hydrogens is 270 g/mol. The topological polar surface area (TPSA) is 83.3 Å². The fraction of sp³-hybridized carbons (Fsp3) is 0.467. The summed E-state index contributed by atoms with van der Waals surface area (Å²) in [6.07, 6.45) is 2.88. The summed E-state index contributed by atoms with van der Waals surface area (Å²) < 4.78 is 5.02. The van der Waals surface area contributed by atoms with E-state index in [0.717, 1.165) is 12.8 Å². The van der Waals surface area contributed by atoms with Crippen molar-refractivity contribution in [1.82, 2.24) is 9.88 Å². The Hall–Kier alpha value is -2.42. The number of hydrogen-bond acceptors (Lipinski definition) is 5. The number of rotatable bonds is 3. The van der Waals surface area contributed by atoms with Crippen molar-refractivity contribution in [2.75, 3.05) is 19.7 Å². The van der Waals surface area contributed by atoms with Crippen LogP contribution in [-0.2, 0) is 9.53 Å².